The fourth-order valence-corrected chi connectivity index (χ4v) is 2.95. The van der Waals surface area contributed by atoms with Crippen LogP contribution in [0.2, 0.25) is 0 Å². The molecule has 0 aromatic heterocycles. The van der Waals surface area contributed by atoms with Crippen LogP contribution in [0.1, 0.15) is 34.6 Å². The maximum absolute atomic E-state index is 6.04. The molecule has 0 saturated carbocycles. The Morgan fingerprint density at radius 2 is 1.71 bits per heavy atom. The van der Waals surface area contributed by atoms with Crippen LogP contribution < -0.4 is 5.73 Å². The van der Waals surface area contributed by atoms with Crippen molar-refractivity contribution in [2.45, 2.75) is 34.6 Å². The molecule has 0 saturated heterocycles. The Bertz CT molecular complexity index is 250. The maximum Gasteiger partial charge on any atom is 0.0118 e. The molecule has 0 aromatic carbocycles. The van der Waals surface area contributed by atoms with Crippen molar-refractivity contribution < 1.29 is 0 Å². The fraction of sp³-hybridized carbons (Fsp3) is 0.692. The first-order valence-corrected chi connectivity index (χ1v) is 5.57. The molecule has 1 rings (SSSR count). The van der Waals surface area contributed by atoms with Gasteiger partial charge in [0.05, 0.1) is 0 Å². The van der Waals surface area contributed by atoms with Gasteiger partial charge in [-0.1, -0.05) is 46.8 Å². The van der Waals surface area contributed by atoms with Gasteiger partial charge in [-0.05, 0) is 17.9 Å². The van der Waals surface area contributed by atoms with E-state index < -0.39 is 0 Å². The molecule has 0 fully saturated rings. The number of hydrogen-bond donors (Lipinski definition) is 1. The van der Waals surface area contributed by atoms with E-state index in [1.54, 1.807) is 0 Å². The van der Waals surface area contributed by atoms with E-state index in [4.69, 9.17) is 5.73 Å². The van der Waals surface area contributed by atoms with Crippen LogP contribution in [0, 0.1) is 23.2 Å². The van der Waals surface area contributed by atoms with Crippen molar-refractivity contribution in [2.24, 2.45) is 28.9 Å². The highest BCUT2D eigenvalue weighted by Gasteiger charge is 2.41. The van der Waals surface area contributed by atoms with Crippen molar-refractivity contribution in [3.63, 3.8) is 0 Å². The minimum Gasteiger partial charge on any atom is -0.402 e. The standard InChI is InChI=1S/C13H23N/c1-9(2)13(10(3)4)8-6-7-12(14)11(13)5/h6-11H,14H2,1-5H3. The summed E-state index contributed by atoms with van der Waals surface area (Å²) in [5.74, 6) is 1.70. The summed E-state index contributed by atoms with van der Waals surface area (Å²) in [5.41, 5.74) is 7.30. The lowest BCUT2D eigenvalue weighted by atomic mass is 9.59. The Kier molecular flexibility index (Phi) is 3.08. The second-order valence-corrected chi connectivity index (χ2v) is 5.06. The van der Waals surface area contributed by atoms with E-state index in [1.807, 2.05) is 6.08 Å². The molecule has 1 aliphatic rings. The molecule has 1 heteroatoms. The highest BCUT2D eigenvalue weighted by atomic mass is 14.6. The summed E-state index contributed by atoms with van der Waals surface area (Å²) in [6.45, 7) is 11.4. The molecule has 80 valence electrons. The van der Waals surface area contributed by atoms with Gasteiger partial charge in [0, 0.05) is 17.0 Å². The third-order valence-corrected chi connectivity index (χ3v) is 3.92. The Morgan fingerprint density at radius 3 is 2.07 bits per heavy atom. The van der Waals surface area contributed by atoms with Crippen LogP contribution in [0.5, 0.6) is 0 Å². The van der Waals surface area contributed by atoms with Crippen molar-refractivity contribution in [2.75, 3.05) is 0 Å². The average molecular weight is 193 g/mol. The van der Waals surface area contributed by atoms with Gasteiger partial charge in [0.15, 0.2) is 0 Å². The predicted molar refractivity (Wildman–Crippen MR) is 62.7 cm³/mol. The van der Waals surface area contributed by atoms with Gasteiger partial charge in [0.2, 0.25) is 0 Å². The van der Waals surface area contributed by atoms with Gasteiger partial charge in [-0.2, -0.15) is 0 Å². The summed E-state index contributed by atoms with van der Waals surface area (Å²) in [7, 11) is 0. The topological polar surface area (TPSA) is 26.0 Å². The highest BCUT2D eigenvalue weighted by molar-refractivity contribution is 5.26. The van der Waals surface area contributed by atoms with Crippen LogP contribution in [-0.2, 0) is 0 Å². The van der Waals surface area contributed by atoms with Gasteiger partial charge in [0.1, 0.15) is 0 Å². The number of hydrogen-bond acceptors (Lipinski definition) is 1. The normalized spacial score (nSPS) is 25.6. The third kappa shape index (κ3) is 1.49. The number of rotatable bonds is 2. The Hall–Kier alpha value is -0.720. The molecule has 0 spiro atoms. The largest absolute Gasteiger partial charge is 0.402 e. The predicted octanol–water partition coefficient (Wildman–Crippen LogP) is 3.33. The fourth-order valence-electron chi connectivity index (χ4n) is 2.95. The van der Waals surface area contributed by atoms with E-state index in [0.29, 0.717) is 17.8 Å². The van der Waals surface area contributed by atoms with Crippen molar-refractivity contribution in [1.82, 2.24) is 0 Å². The monoisotopic (exact) mass is 193 g/mol. The Morgan fingerprint density at radius 1 is 1.21 bits per heavy atom. The summed E-state index contributed by atoms with van der Waals surface area (Å²) < 4.78 is 0. The summed E-state index contributed by atoms with van der Waals surface area (Å²) in [4.78, 5) is 0. The molecule has 1 nitrogen and oxygen atoms in total. The molecule has 0 aliphatic heterocycles. The average Bonchev–Trinajstić information content (AvgIpc) is 2.08. The van der Waals surface area contributed by atoms with Gasteiger partial charge in [-0.3, -0.25) is 0 Å². The van der Waals surface area contributed by atoms with Crippen LogP contribution in [0.4, 0.5) is 0 Å². The summed E-state index contributed by atoms with van der Waals surface area (Å²) in [6.07, 6.45) is 6.51. The van der Waals surface area contributed by atoms with Crippen LogP contribution in [0.3, 0.4) is 0 Å². The van der Waals surface area contributed by atoms with E-state index in [9.17, 15) is 0 Å². The zero-order chi connectivity index (χ0) is 10.9. The maximum atomic E-state index is 6.04. The second kappa shape index (κ2) is 3.80. The summed E-state index contributed by atoms with van der Waals surface area (Å²) in [5, 5.41) is 0. The lowest BCUT2D eigenvalue weighted by Crippen LogP contribution is -2.41. The minimum atomic E-state index is 0.235. The molecule has 0 aromatic rings. The van der Waals surface area contributed by atoms with Crippen molar-refractivity contribution >= 4 is 0 Å². The van der Waals surface area contributed by atoms with Gasteiger partial charge >= 0.3 is 0 Å². The van der Waals surface area contributed by atoms with Crippen molar-refractivity contribution in [1.29, 1.82) is 0 Å². The van der Waals surface area contributed by atoms with Gasteiger partial charge in [-0.15, -0.1) is 0 Å². The van der Waals surface area contributed by atoms with Crippen LogP contribution >= 0.6 is 0 Å². The molecule has 0 amide bonds. The number of nitrogens with two attached hydrogens (primary N) is 1. The SMILES string of the molecule is CC(C)C1(C(C)C)C=CC=C(N)C1C. The zero-order valence-electron chi connectivity index (χ0n) is 10.0. The summed E-state index contributed by atoms with van der Waals surface area (Å²) in [6, 6.07) is 0. The van der Waals surface area contributed by atoms with Gasteiger partial charge in [-0.25, -0.2) is 0 Å². The Balaban J connectivity index is 3.13. The van der Waals surface area contributed by atoms with E-state index in [1.165, 1.54) is 0 Å². The molecule has 0 radical (unpaired) electrons. The lowest BCUT2D eigenvalue weighted by Gasteiger charge is -2.45. The first-order valence-electron chi connectivity index (χ1n) is 5.57. The molecular formula is C13H23N. The smallest absolute Gasteiger partial charge is 0.0118 e. The molecule has 1 unspecified atom stereocenters. The van der Waals surface area contributed by atoms with E-state index in [2.05, 4.69) is 46.8 Å². The molecule has 2 N–H and O–H groups in total. The quantitative estimate of drug-likeness (QED) is 0.715. The van der Waals surface area contributed by atoms with E-state index in [0.717, 1.165) is 5.70 Å². The summed E-state index contributed by atoms with van der Waals surface area (Å²) >= 11 is 0. The molecule has 1 aliphatic carbocycles. The molecule has 0 bridgehead atoms. The van der Waals surface area contributed by atoms with Crippen molar-refractivity contribution in [3.05, 3.63) is 23.9 Å². The first kappa shape index (κ1) is 11.4. The van der Waals surface area contributed by atoms with Gasteiger partial charge in [0.25, 0.3) is 0 Å². The first-order chi connectivity index (χ1) is 6.43. The lowest BCUT2D eigenvalue weighted by molar-refractivity contribution is 0.117. The third-order valence-electron chi connectivity index (χ3n) is 3.92. The second-order valence-electron chi connectivity index (χ2n) is 5.06. The van der Waals surface area contributed by atoms with E-state index in [-0.39, 0.29) is 5.41 Å². The number of allylic oxidation sites excluding steroid dienone is 4. The zero-order valence-corrected chi connectivity index (χ0v) is 10.0. The van der Waals surface area contributed by atoms with Crippen molar-refractivity contribution in [3.8, 4) is 0 Å². The van der Waals surface area contributed by atoms with Crippen LogP contribution in [0.15, 0.2) is 23.9 Å². The molecule has 0 heterocycles. The minimum absolute atomic E-state index is 0.235. The molecule has 14 heavy (non-hydrogen) atoms. The molecular weight excluding hydrogens is 170 g/mol. The van der Waals surface area contributed by atoms with Crippen LogP contribution in [-0.4, -0.2) is 0 Å². The molecule has 1 atom stereocenters. The van der Waals surface area contributed by atoms with E-state index >= 15 is 0 Å². The Labute approximate surface area is 88.1 Å². The van der Waals surface area contributed by atoms with Gasteiger partial charge < -0.3 is 5.73 Å². The van der Waals surface area contributed by atoms with Crippen LogP contribution in [0.25, 0.3) is 0 Å². The highest BCUT2D eigenvalue weighted by Crippen LogP contribution is 2.47.